The molecule has 0 aliphatic carbocycles. The van der Waals surface area contributed by atoms with E-state index in [9.17, 15) is 4.79 Å². The molecular formula is C14H28ClO2PSi2. The highest BCUT2D eigenvalue weighted by Crippen LogP contribution is 2.70. The summed E-state index contributed by atoms with van der Waals surface area (Å²) in [5.74, 6) is -0.267. The lowest BCUT2D eigenvalue weighted by atomic mass is 10.1. The van der Waals surface area contributed by atoms with Gasteiger partial charge in [0.05, 0.1) is 29.2 Å². The zero-order chi connectivity index (χ0) is 15.9. The summed E-state index contributed by atoms with van der Waals surface area (Å²) in [6.45, 7) is 16.4. The maximum Gasteiger partial charge on any atom is 0.312 e. The molecule has 0 bridgehead atoms. The summed E-state index contributed by atoms with van der Waals surface area (Å²) in [5, 5.41) is 0. The fourth-order valence-corrected chi connectivity index (χ4v) is 28.1. The van der Waals surface area contributed by atoms with Crippen molar-refractivity contribution < 1.29 is 9.53 Å². The van der Waals surface area contributed by atoms with Gasteiger partial charge in [-0.05, 0) is 7.27 Å². The Morgan fingerprint density at radius 3 is 1.95 bits per heavy atom. The number of carbonyl (C=O) groups is 1. The largest absolute Gasteiger partial charge is 0.469 e. The van der Waals surface area contributed by atoms with Crippen molar-refractivity contribution in [1.82, 2.24) is 0 Å². The maximum absolute atomic E-state index is 12.5. The monoisotopic (exact) mass is 350 g/mol. The van der Waals surface area contributed by atoms with E-state index in [0.717, 1.165) is 0 Å². The van der Waals surface area contributed by atoms with E-state index >= 15 is 0 Å². The van der Waals surface area contributed by atoms with Gasteiger partial charge in [0.15, 0.2) is 0 Å². The number of methoxy groups -OCH3 is 1. The van der Waals surface area contributed by atoms with E-state index in [2.05, 4.69) is 58.4 Å². The molecule has 2 nitrogen and oxygen atoms in total. The van der Waals surface area contributed by atoms with Crippen LogP contribution >= 0.6 is 18.5 Å². The second kappa shape index (κ2) is 5.87. The number of carbonyl (C=O) groups excluding carboxylic acids is 1. The standard InChI is InChI=1S/C14H28ClO2PSi2/c1-11-9-10-12(13(16)17-2)14(18(11)15,19(3,4)5)20(6,7)8/h9-12H,1-8H3/t11-,12-,18+/m1/s1. The first-order valence-electron chi connectivity index (χ1n) is 7.12. The van der Waals surface area contributed by atoms with E-state index in [0.29, 0.717) is 5.66 Å². The number of hydrogen-bond donors (Lipinski definition) is 0. The third-order valence-corrected chi connectivity index (χ3v) is 24.0. The predicted octanol–water partition coefficient (Wildman–Crippen LogP) is 4.86. The van der Waals surface area contributed by atoms with E-state index in [-0.39, 0.29) is 16.3 Å². The van der Waals surface area contributed by atoms with Gasteiger partial charge in [-0.3, -0.25) is 4.79 Å². The minimum Gasteiger partial charge on any atom is -0.469 e. The Kier molecular flexibility index (Phi) is 5.40. The van der Waals surface area contributed by atoms with Crippen molar-refractivity contribution in [3.05, 3.63) is 12.2 Å². The van der Waals surface area contributed by atoms with Crippen LogP contribution in [-0.2, 0) is 9.53 Å². The van der Waals surface area contributed by atoms with Crippen LogP contribution in [0.1, 0.15) is 6.92 Å². The van der Waals surface area contributed by atoms with Crippen LogP contribution in [0.4, 0.5) is 0 Å². The van der Waals surface area contributed by atoms with Crippen LogP contribution in [-0.4, -0.2) is 39.3 Å². The second-order valence-electron chi connectivity index (χ2n) is 7.70. The lowest BCUT2D eigenvalue weighted by Gasteiger charge is -2.59. The number of halogens is 1. The Labute approximate surface area is 131 Å². The van der Waals surface area contributed by atoms with Gasteiger partial charge in [0.1, 0.15) is 0 Å². The quantitative estimate of drug-likeness (QED) is 0.314. The molecule has 0 unspecified atom stereocenters. The lowest BCUT2D eigenvalue weighted by Crippen LogP contribution is -2.70. The normalized spacial score (nSPS) is 30.1. The predicted molar refractivity (Wildman–Crippen MR) is 96.3 cm³/mol. The minimum absolute atomic E-state index is 0.0296. The third-order valence-electron chi connectivity index (χ3n) is 4.47. The van der Waals surface area contributed by atoms with E-state index < -0.39 is 23.4 Å². The molecular weight excluding hydrogens is 323 g/mol. The first kappa shape index (κ1) is 18.4. The van der Waals surface area contributed by atoms with Gasteiger partial charge < -0.3 is 4.74 Å². The molecule has 3 atom stereocenters. The van der Waals surface area contributed by atoms with Gasteiger partial charge in [0, 0.05) is 10.1 Å². The highest BCUT2D eigenvalue weighted by atomic mass is 35.7. The van der Waals surface area contributed by atoms with E-state index in [1.54, 1.807) is 0 Å². The molecule has 0 aromatic rings. The molecule has 0 aromatic carbocycles. The molecule has 0 N–H and O–H groups in total. The lowest BCUT2D eigenvalue weighted by molar-refractivity contribution is -0.143. The van der Waals surface area contributed by atoms with Crippen LogP contribution in [0.15, 0.2) is 12.2 Å². The fourth-order valence-electron chi connectivity index (χ4n) is 4.02. The van der Waals surface area contributed by atoms with Crippen LogP contribution in [0.25, 0.3) is 0 Å². The van der Waals surface area contributed by atoms with Crippen molar-refractivity contribution >= 4 is 40.6 Å². The average molecular weight is 351 g/mol. The molecule has 0 saturated heterocycles. The molecule has 0 saturated carbocycles. The zero-order valence-corrected chi connectivity index (χ0v) is 17.6. The van der Waals surface area contributed by atoms with Gasteiger partial charge in [0.25, 0.3) is 0 Å². The molecule has 1 aliphatic rings. The first-order valence-corrected chi connectivity index (χ1v) is 16.4. The Hall–Kier alpha value is 0.364. The van der Waals surface area contributed by atoms with Crippen molar-refractivity contribution in [3.8, 4) is 0 Å². The van der Waals surface area contributed by atoms with Gasteiger partial charge in [-0.15, -0.1) is 0 Å². The number of esters is 1. The highest BCUT2D eigenvalue weighted by molar-refractivity contribution is 7.90. The molecule has 0 radical (unpaired) electrons. The molecule has 1 rings (SSSR count). The Bertz CT molecular complexity index is 398. The summed E-state index contributed by atoms with van der Waals surface area (Å²) in [7, 11) is -2.62. The first-order chi connectivity index (χ1) is 8.91. The van der Waals surface area contributed by atoms with Crippen molar-refractivity contribution in [2.24, 2.45) is 5.92 Å². The molecule has 20 heavy (non-hydrogen) atoms. The summed E-state index contributed by atoms with van der Waals surface area (Å²) in [6.07, 6.45) is 4.22. The molecule has 116 valence electrons. The molecule has 0 amide bonds. The van der Waals surface area contributed by atoms with Gasteiger partial charge in [-0.25, -0.2) is 0 Å². The number of hydrogen-bond acceptors (Lipinski definition) is 2. The topological polar surface area (TPSA) is 26.3 Å². The summed E-state index contributed by atoms with van der Waals surface area (Å²) in [5.41, 5.74) is 0.367. The van der Waals surface area contributed by atoms with Crippen LogP contribution in [0, 0.1) is 5.92 Å². The van der Waals surface area contributed by atoms with Gasteiger partial charge in [0.2, 0.25) is 0 Å². The summed E-state index contributed by atoms with van der Waals surface area (Å²) >= 11 is 7.03. The second-order valence-corrected chi connectivity index (χ2v) is 22.9. The number of rotatable bonds is 3. The van der Waals surface area contributed by atoms with Crippen molar-refractivity contribution in [3.63, 3.8) is 0 Å². The molecule has 6 heteroatoms. The van der Waals surface area contributed by atoms with Crippen LogP contribution in [0.2, 0.25) is 39.3 Å². The summed E-state index contributed by atoms with van der Waals surface area (Å²) in [6, 6.07) is 0. The van der Waals surface area contributed by atoms with Crippen molar-refractivity contribution in [1.29, 1.82) is 0 Å². The third kappa shape index (κ3) is 2.69. The summed E-state index contributed by atoms with van der Waals surface area (Å²) in [4.78, 5) is 12.5. The summed E-state index contributed by atoms with van der Waals surface area (Å²) < 4.78 is 5.10. The van der Waals surface area contributed by atoms with Crippen molar-refractivity contribution in [2.45, 2.75) is 56.3 Å². The Morgan fingerprint density at radius 1 is 1.15 bits per heavy atom. The van der Waals surface area contributed by atoms with Crippen molar-refractivity contribution in [2.75, 3.05) is 7.11 Å². The molecule has 1 heterocycles. The molecule has 1 aliphatic heterocycles. The number of allylic oxidation sites excluding steroid dienone is 1. The molecule has 0 fully saturated rings. The van der Waals surface area contributed by atoms with Gasteiger partial charge >= 0.3 is 5.97 Å². The fraction of sp³-hybridized carbons (Fsp3) is 0.786. The van der Waals surface area contributed by atoms with E-state index in [1.165, 1.54) is 7.11 Å². The minimum atomic E-state index is -1.68. The van der Waals surface area contributed by atoms with Crippen LogP contribution < -0.4 is 0 Å². The highest BCUT2D eigenvalue weighted by Gasteiger charge is 2.64. The number of ether oxygens (including phenoxy) is 1. The smallest absolute Gasteiger partial charge is 0.312 e. The van der Waals surface area contributed by atoms with Gasteiger partial charge in [-0.2, -0.15) is 0 Å². The molecule has 0 spiro atoms. The average Bonchev–Trinajstić information content (AvgIpc) is 2.28. The Morgan fingerprint density at radius 2 is 1.60 bits per heavy atom. The Balaban J connectivity index is 3.64. The van der Waals surface area contributed by atoms with E-state index in [4.69, 9.17) is 16.0 Å². The SMILES string of the molecule is COC(=O)[C@H]1C=C[C@@H](C)[P@](Cl)C1([Si](C)(C)C)[Si](C)(C)C. The van der Waals surface area contributed by atoms with Gasteiger partial charge in [-0.1, -0.05) is 69.6 Å². The van der Waals surface area contributed by atoms with Crippen LogP contribution in [0.3, 0.4) is 0 Å². The maximum atomic E-state index is 12.5. The van der Waals surface area contributed by atoms with Crippen LogP contribution in [0.5, 0.6) is 0 Å². The zero-order valence-electron chi connectivity index (χ0n) is 14.0. The molecule has 0 aromatic heterocycles. The van der Waals surface area contributed by atoms with E-state index in [1.807, 2.05) is 0 Å².